The van der Waals surface area contributed by atoms with Crippen LogP contribution in [-0.2, 0) is 29.7 Å². The molecule has 0 unspecified atom stereocenters. The predicted molar refractivity (Wildman–Crippen MR) is 68.0 cm³/mol. The molecule has 6 heteroatoms. The van der Waals surface area contributed by atoms with Gasteiger partial charge in [-0.1, -0.05) is 17.3 Å². The van der Waals surface area contributed by atoms with E-state index in [9.17, 15) is 8.42 Å². The molecule has 0 amide bonds. The summed E-state index contributed by atoms with van der Waals surface area (Å²) in [6.07, 6.45) is 4.71. The van der Waals surface area contributed by atoms with Gasteiger partial charge in [0.15, 0.2) is 9.84 Å². The zero-order valence-electron chi connectivity index (χ0n) is 10.4. The van der Waals surface area contributed by atoms with E-state index in [-0.39, 0.29) is 0 Å². The number of nitrogens with zero attached hydrogens (tertiary/aromatic N) is 3. The van der Waals surface area contributed by atoms with Gasteiger partial charge in [0.05, 0.1) is 10.6 Å². The summed E-state index contributed by atoms with van der Waals surface area (Å²) in [5.74, 6) is 0. The van der Waals surface area contributed by atoms with Crippen molar-refractivity contribution in [1.29, 1.82) is 0 Å². The van der Waals surface area contributed by atoms with Crippen LogP contribution in [0.1, 0.15) is 11.3 Å². The third-order valence-corrected chi connectivity index (χ3v) is 3.80. The Morgan fingerprint density at radius 2 is 1.83 bits per heavy atom. The normalized spacial score (nSPS) is 11.7. The van der Waals surface area contributed by atoms with Crippen molar-refractivity contribution in [1.82, 2.24) is 15.0 Å². The molecule has 1 aromatic carbocycles. The molecule has 1 heterocycles. The van der Waals surface area contributed by atoms with Crippen LogP contribution in [0.25, 0.3) is 0 Å². The molecule has 18 heavy (non-hydrogen) atoms. The second-order valence-electron chi connectivity index (χ2n) is 4.30. The summed E-state index contributed by atoms with van der Waals surface area (Å²) in [6, 6.07) is 6.96. The highest BCUT2D eigenvalue weighted by molar-refractivity contribution is 7.90. The molecule has 0 radical (unpaired) electrons. The molecule has 0 aliphatic heterocycles. The first-order chi connectivity index (χ1) is 8.45. The molecule has 2 rings (SSSR count). The Morgan fingerprint density at radius 1 is 1.17 bits per heavy atom. The van der Waals surface area contributed by atoms with Crippen molar-refractivity contribution in [2.24, 2.45) is 7.05 Å². The Kier molecular flexibility index (Phi) is 3.47. The van der Waals surface area contributed by atoms with Crippen LogP contribution in [0.5, 0.6) is 0 Å². The van der Waals surface area contributed by atoms with Gasteiger partial charge in [0.1, 0.15) is 0 Å². The van der Waals surface area contributed by atoms with Crippen molar-refractivity contribution in [3.63, 3.8) is 0 Å². The van der Waals surface area contributed by atoms with Crippen molar-refractivity contribution in [2.75, 3.05) is 6.26 Å². The lowest BCUT2D eigenvalue weighted by atomic mass is 10.1. The number of hydrogen-bond donors (Lipinski definition) is 0. The fraction of sp³-hybridized carbons (Fsp3) is 0.333. The standard InChI is InChI=1S/C12H15N3O2S/c1-15-9-11(13-14-15)6-3-10-4-7-12(8-5-10)18(2,16)17/h4-5,7-9H,3,6H2,1-2H3. The zero-order valence-corrected chi connectivity index (χ0v) is 11.2. The van der Waals surface area contributed by atoms with Crippen LogP contribution in [0.15, 0.2) is 35.4 Å². The highest BCUT2D eigenvalue weighted by Gasteiger charge is 2.06. The highest BCUT2D eigenvalue weighted by atomic mass is 32.2. The van der Waals surface area contributed by atoms with Crippen molar-refractivity contribution >= 4 is 9.84 Å². The Labute approximate surface area is 106 Å². The number of sulfone groups is 1. The molecule has 0 saturated heterocycles. The van der Waals surface area contributed by atoms with E-state index in [1.165, 1.54) is 6.26 Å². The van der Waals surface area contributed by atoms with Gasteiger partial charge in [-0.3, -0.25) is 4.68 Å². The van der Waals surface area contributed by atoms with Gasteiger partial charge in [0.25, 0.3) is 0 Å². The minimum atomic E-state index is -3.11. The lowest BCUT2D eigenvalue weighted by Gasteiger charge is -2.01. The first kappa shape index (κ1) is 12.8. The van der Waals surface area contributed by atoms with E-state index in [1.54, 1.807) is 16.8 Å². The van der Waals surface area contributed by atoms with Crippen molar-refractivity contribution in [2.45, 2.75) is 17.7 Å². The topological polar surface area (TPSA) is 64.8 Å². The van der Waals surface area contributed by atoms with Crippen LogP contribution in [0.2, 0.25) is 0 Å². The minimum absolute atomic E-state index is 0.353. The number of rotatable bonds is 4. The Bertz CT molecular complexity index is 630. The minimum Gasteiger partial charge on any atom is -0.255 e. The predicted octanol–water partition coefficient (Wildman–Crippen LogP) is 1.00. The third kappa shape index (κ3) is 3.16. The van der Waals surface area contributed by atoms with Crippen LogP contribution < -0.4 is 0 Å². The monoisotopic (exact) mass is 265 g/mol. The van der Waals surface area contributed by atoms with E-state index < -0.39 is 9.84 Å². The summed E-state index contributed by atoms with van der Waals surface area (Å²) in [5.41, 5.74) is 2.03. The SMILES string of the molecule is Cn1cc(CCc2ccc(S(C)(=O)=O)cc2)nn1. The average molecular weight is 265 g/mol. The molecule has 0 spiro atoms. The Hall–Kier alpha value is -1.69. The van der Waals surface area contributed by atoms with E-state index in [4.69, 9.17) is 0 Å². The summed E-state index contributed by atoms with van der Waals surface area (Å²) in [4.78, 5) is 0.353. The first-order valence-electron chi connectivity index (χ1n) is 5.59. The molecular formula is C12H15N3O2S. The van der Waals surface area contributed by atoms with Gasteiger partial charge >= 0.3 is 0 Å². The van der Waals surface area contributed by atoms with Crippen LogP contribution in [0.4, 0.5) is 0 Å². The summed E-state index contributed by atoms with van der Waals surface area (Å²) in [6.45, 7) is 0. The molecule has 96 valence electrons. The van der Waals surface area contributed by atoms with Crippen molar-refractivity contribution < 1.29 is 8.42 Å². The van der Waals surface area contributed by atoms with Gasteiger partial charge in [-0.15, -0.1) is 5.10 Å². The highest BCUT2D eigenvalue weighted by Crippen LogP contribution is 2.11. The fourth-order valence-corrected chi connectivity index (χ4v) is 2.32. The Balaban J connectivity index is 2.03. The van der Waals surface area contributed by atoms with Crippen LogP contribution in [0.3, 0.4) is 0 Å². The number of benzene rings is 1. The summed E-state index contributed by atoms with van der Waals surface area (Å²) < 4.78 is 24.3. The summed E-state index contributed by atoms with van der Waals surface area (Å²) in [5, 5.41) is 7.87. The maximum absolute atomic E-state index is 11.3. The molecule has 5 nitrogen and oxygen atoms in total. The fourth-order valence-electron chi connectivity index (χ4n) is 1.69. The Morgan fingerprint density at radius 3 is 2.33 bits per heavy atom. The van der Waals surface area contributed by atoms with Crippen molar-refractivity contribution in [3.8, 4) is 0 Å². The molecular weight excluding hydrogens is 250 g/mol. The second-order valence-corrected chi connectivity index (χ2v) is 6.32. The van der Waals surface area contributed by atoms with E-state index in [2.05, 4.69) is 10.3 Å². The van der Waals surface area contributed by atoms with Gasteiger partial charge in [0.2, 0.25) is 0 Å². The third-order valence-electron chi connectivity index (χ3n) is 2.67. The first-order valence-corrected chi connectivity index (χ1v) is 7.48. The number of aryl methyl sites for hydroxylation is 3. The van der Waals surface area contributed by atoms with Crippen LogP contribution >= 0.6 is 0 Å². The molecule has 2 aromatic rings. The lowest BCUT2D eigenvalue weighted by molar-refractivity contribution is 0.602. The van der Waals surface area contributed by atoms with Crippen LogP contribution in [-0.4, -0.2) is 29.7 Å². The smallest absolute Gasteiger partial charge is 0.175 e. The number of aromatic nitrogens is 3. The van der Waals surface area contributed by atoms with Gasteiger partial charge in [-0.05, 0) is 30.5 Å². The number of hydrogen-bond acceptors (Lipinski definition) is 4. The molecule has 0 aliphatic rings. The largest absolute Gasteiger partial charge is 0.255 e. The molecule has 0 fully saturated rings. The molecule has 0 aliphatic carbocycles. The van der Waals surface area contributed by atoms with Gasteiger partial charge in [0, 0.05) is 19.5 Å². The molecule has 1 aromatic heterocycles. The summed E-state index contributed by atoms with van der Waals surface area (Å²) >= 11 is 0. The average Bonchev–Trinajstić information content (AvgIpc) is 2.72. The maximum Gasteiger partial charge on any atom is 0.175 e. The quantitative estimate of drug-likeness (QED) is 0.827. The van der Waals surface area contributed by atoms with E-state index >= 15 is 0 Å². The van der Waals surface area contributed by atoms with Crippen molar-refractivity contribution in [3.05, 3.63) is 41.7 Å². The molecule has 0 bridgehead atoms. The van der Waals surface area contributed by atoms with Gasteiger partial charge < -0.3 is 0 Å². The zero-order chi connectivity index (χ0) is 13.2. The van der Waals surface area contributed by atoms with Crippen LogP contribution in [0, 0.1) is 0 Å². The van der Waals surface area contributed by atoms with E-state index in [0.717, 1.165) is 24.1 Å². The molecule has 0 N–H and O–H groups in total. The van der Waals surface area contributed by atoms with E-state index in [1.807, 2.05) is 25.4 Å². The molecule has 0 atom stereocenters. The lowest BCUT2D eigenvalue weighted by Crippen LogP contribution is -1.98. The molecule has 0 saturated carbocycles. The van der Waals surface area contributed by atoms with Gasteiger partial charge in [-0.25, -0.2) is 8.42 Å². The second kappa shape index (κ2) is 4.89. The van der Waals surface area contributed by atoms with Gasteiger partial charge in [-0.2, -0.15) is 0 Å². The maximum atomic E-state index is 11.3. The van der Waals surface area contributed by atoms with E-state index in [0.29, 0.717) is 4.90 Å². The summed E-state index contributed by atoms with van der Waals surface area (Å²) in [7, 11) is -1.28.